The van der Waals surface area contributed by atoms with Gasteiger partial charge < -0.3 is 17.8 Å². The second kappa shape index (κ2) is 7.68. The quantitative estimate of drug-likeness (QED) is 0.642. The summed E-state index contributed by atoms with van der Waals surface area (Å²) in [6.07, 6.45) is 0.427. The van der Waals surface area contributed by atoms with Crippen molar-refractivity contribution in [1.29, 1.82) is 0 Å². The lowest BCUT2D eigenvalue weighted by Crippen LogP contribution is -2.54. The zero-order valence-electron chi connectivity index (χ0n) is 14.1. The van der Waals surface area contributed by atoms with Crippen LogP contribution in [0, 0.1) is 0 Å². The number of carboxylic acids is 1. The first-order valence-corrected chi connectivity index (χ1v) is 15.9. The van der Waals surface area contributed by atoms with E-state index in [0.717, 1.165) is 0 Å². The molecule has 0 aromatic rings. The number of carbonyl (C=O) groups excluding carboxylic acids is 1. The monoisotopic (exact) mass is 352 g/mol. The first-order chi connectivity index (χ1) is 9.29. The summed E-state index contributed by atoms with van der Waals surface area (Å²) >= 11 is 0. The van der Waals surface area contributed by atoms with E-state index in [1.54, 1.807) is 6.92 Å². The topological polar surface area (TPSA) is 82.1 Å². The van der Waals surface area contributed by atoms with Crippen molar-refractivity contribution in [3.05, 3.63) is 0 Å². The Morgan fingerprint density at radius 2 is 1.48 bits per heavy atom. The fourth-order valence-electron chi connectivity index (χ4n) is 2.10. The zero-order valence-corrected chi connectivity index (χ0v) is 17.1. The van der Waals surface area contributed by atoms with E-state index in [-0.39, 0.29) is 12.4 Å². The lowest BCUT2D eigenvalue weighted by atomic mass is 10.5. The molecule has 1 N–H and O–H groups in total. The molecule has 0 saturated heterocycles. The summed E-state index contributed by atoms with van der Waals surface area (Å²) in [6, 6.07) is 0.541. The molecule has 0 aliphatic heterocycles. The summed E-state index contributed by atoms with van der Waals surface area (Å²) in [5.74, 6) is -1.08. The molecule has 0 fully saturated rings. The van der Waals surface area contributed by atoms with Crippen LogP contribution in [-0.2, 0) is 22.2 Å². The predicted octanol–water partition coefficient (Wildman–Crippen LogP) is 3.06. The lowest BCUT2D eigenvalue weighted by Gasteiger charge is -2.37. The number of rotatable bonds is 9. The van der Waals surface area contributed by atoms with Crippen LogP contribution in [0.4, 0.5) is 0 Å². The fourth-order valence-corrected chi connectivity index (χ4v) is 14.8. The highest BCUT2D eigenvalue weighted by Gasteiger charge is 2.42. The molecule has 6 nitrogen and oxygen atoms in total. The van der Waals surface area contributed by atoms with Crippen molar-refractivity contribution < 1.29 is 27.4 Å². The van der Waals surface area contributed by atoms with Crippen LogP contribution in [0.1, 0.15) is 19.8 Å². The average Bonchev–Trinajstić information content (AvgIpc) is 2.22. The number of hydrogen-bond donors (Lipinski definition) is 1. The molecule has 0 spiro atoms. The predicted molar refractivity (Wildman–Crippen MR) is 88.1 cm³/mol. The van der Waals surface area contributed by atoms with Gasteiger partial charge in [0.15, 0.2) is 8.32 Å². The van der Waals surface area contributed by atoms with Crippen LogP contribution in [0.3, 0.4) is 0 Å². The van der Waals surface area contributed by atoms with Gasteiger partial charge >= 0.3 is 23.1 Å². The van der Waals surface area contributed by atoms with Crippen molar-refractivity contribution in [2.75, 3.05) is 0 Å². The van der Waals surface area contributed by atoms with Crippen LogP contribution in [0.25, 0.3) is 0 Å². The van der Waals surface area contributed by atoms with Gasteiger partial charge in [0.1, 0.15) is 0 Å². The van der Waals surface area contributed by atoms with E-state index in [0.29, 0.717) is 12.5 Å². The summed E-state index contributed by atoms with van der Waals surface area (Å²) in [7, 11) is -7.16. The van der Waals surface area contributed by atoms with Crippen LogP contribution < -0.4 is 0 Å². The normalized spacial score (nSPS) is 13.1. The third-order valence-electron chi connectivity index (χ3n) is 2.60. The summed E-state index contributed by atoms with van der Waals surface area (Å²) in [5.41, 5.74) is 0. The van der Waals surface area contributed by atoms with Crippen LogP contribution in [0.5, 0.6) is 0 Å². The molecule has 124 valence electrons. The highest BCUT2D eigenvalue weighted by atomic mass is 28.5. The molecule has 0 amide bonds. The minimum atomic E-state index is -2.57. The summed E-state index contributed by atoms with van der Waals surface area (Å²) in [6.45, 7) is 13.2. The summed E-state index contributed by atoms with van der Waals surface area (Å²) in [4.78, 5) is 22.1. The van der Waals surface area contributed by atoms with Gasteiger partial charge in [-0.2, -0.15) is 0 Å². The molecule has 0 aromatic heterocycles. The van der Waals surface area contributed by atoms with Gasteiger partial charge in [-0.25, -0.2) is 0 Å². The van der Waals surface area contributed by atoms with E-state index >= 15 is 0 Å². The Morgan fingerprint density at radius 1 is 0.952 bits per heavy atom. The number of aliphatic carboxylic acids is 1. The SMILES string of the molecule is CCC(=O)O[Si](C)(C)O[Si](C)(C)O[Si](C)(C)CCC(=O)O. The smallest absolute Gasteiger partial charge is 0.386 e. The van der Waals surface area contributed by atoms with E-state index in [4.69, 9.17) is 17.8 Å². The van der Waals surface area contributed by atoms with Gasteiger partial charge in [-0.3, -0.25) is 9.59 Å². The van der Waals surface area contributed by atoms with E-state index in [1.165, 1.54) is 0 Å². The number of carbonyl (C=O) groups is 2. The standard InChI is InChI=1S/C12H28O6Si3/c1-8-12(15)16-20(4,5)18-21(6,7)17-19(2,3)10-9-11(13)14/h8-10H2,1-7H3,(H,13,14). The summed E-state index contributed by atoms with van der Waals surface area (Å²) < 4.78 is 17.6. The van der Waals surface area contributed by atoms with E-state index < -0.39 is 31.4 Å². The van der Waals surface area contributed by atoms with Gasteiger partial charge in [0.05, 0.1) is 0 Å². The van der Waals surface area contributed by atoms with Crippen LogP contribution >= 0.6 is 0 Å². The van der Waals surface area contributed by atoms with Crippen molar-refractivity contribution in [2.24, 2.45) is 0 Å². The van der Waals surface area contributed by atoms with E-state index in [1.807, 2.05) is 39.3 Å². The van der Waals surface area contributed by atoms with Crippen molar-refractivity contribution in [1.82, 2.24) is 0 Å². The summed E-state index contributed by atoms with van der Waals surface area (Å²) in [5, 5.41) is 8.78. The molecule has 0 heterocycles. The van der Waals surface area contributed by atoms with Crippen LogP contribution in [-0.4, -0.2) is 42.5 Å². The highest BCUT2D eigenvalue weighted by Crippen LogP contribution is 2.24. The number of hydrogen-bond acceptors (Lipinski definition) is 5. The molecule has 0 aliphatic carbocycles. The Kier molecular flexibility index (Phi) is 7.50. The second-order valence-corrected chi connectivity index (χ2v) is 17.9. The average molecular weight is 353 g/mol. The Morgan fingerprint density at radius 3 is 1.90 bits per heavy atom. The Hall–Kier alpha value is -0.489. The van der Waals surface area contributed by atoms with Gasteiger partial charge in [-0.05, 0) is 45.3 Å². The molecule has 0 rings (SSSR count). The lowest BCUT2D eigenvalue weighted by molar-refractivity contribution is -0.137. The minimum absolute atomic E-state index is 0.106. The largest absolute Gasteiger partial charge is 0.495 e. The molecular formula is C12H28O6Si3. The van der Waals surface area contributed by atoms with E-state index in [9.17, 15) is 9.59 Å². The maximum absolute atomic E-state index is 11.4. The molecule has 9 heteroatoms. The molecule has 0 unspecified atom stereocenters. The van der Waals surface area contributed by atoms with Crippen LogP contribution in [0.15, 0.2) is 0 Å². The van der Waals surface area contributed by atoms with Gasteiger partial charge in [0, 0.05) is 12.8 Å². The minimum Gasteiger partial charge on any atom is -0.495 e. The molecule has 0 aromatic carbocycles. The maximum Gasteiger partial charge on any atom is 0.386 e. The third kappa shape index (κ3) is 9.96. The van der Waals surface area contributed by atoms with Gasteiger partial charge in [0.25, 0.3) is 5.97 Å². The van der Waals surface area contributed by atoms with Crippen molar-refractivity contribution in [2.45, 2.75) is 65.1 Å². The molecular weight excluding hydrogens is 324 g/mol. The van der Waals surface area contributed by atoms with Gasteiger partial charge in [-0.15, -0.1) is 0 Å². The molecule has 0 radical (unpaired) electrons. The second-order valence-electron chi connectivity index (χ2n) is 6.48. The van der Waals surface area contributed by atoms with Crippen molar-refractivity contribution in [3.63, 3.8) is 0 Å². The third-order valence-corrected chi connectivity index (χ3v) is 12.9. The van der Waals surface area contributed by atoms with Crippen molar-refractivity contribution >= 4 is 37.4 Å². The molecule has 21 heavy (non-hydrogen) atoms. The number of carboxylic acid groups (broad SMARTS) is 1. The van der Waals surface area contributed by atoms with Crippen LogP contribution in [0.2, 0.25) is 45.3 Å². The molecule has 0 atom stereocenters. The van der Waals surface area contributed by atoms with Gasteiger partial charge in [-0.1, -0.05) is 6.92 Å². The zero-order chi connectivity index (χ0) is 16.9. The Balaban J connectivity index is 4.66. The first kappa shape index (κ1) is 20.5. The molecule has 0 bridgehead atoms. The highest BCUT2D eigenvalue weighted by molar-refractivity contribution is 6.86. The maximum atomic E-state index is 11.4. The van der Waals surface area contributed by atoms with Gasteiger partial charge in [0.2, 0.25) is 0 Å². The molecule has 0 saturated carbocycles. The first-order valence-electron chi connectivity index (χ1n) is 7.12. The Bertz CT molecular complexity index is 381. The molecule has 0 aliphatic rings. The van der Waals surface area contributed by atoms with E-state index in [2.05, 4.69) is 0 Å². The fraction of sp³-hybridized carbons (Fsp3) is 0.833. The Labute approximate surface area is 130 Å². The van der Waals surface area contributed by atoms with Crippen molar-refractivity contribution in [3.8, 4) is 0 Å².